The Morgan fingerprint density at radius 2 is 2.26 bits per heavy atom. The lowest BCUT2D eigenvalue weighted by atomic mass is 10.0. The molecule has 1 heterocycles. The SMILES string of the molecule is CN(C)Cc1cccc(NC(=O)[C@@H]2CCCCN2)c1. The summed E-state index contributed by atoms with van der Waals surface area (Å²) in [6, 6.07) is 8.02. The molecular formula is C15H23N3O. The first-order valence-corrected chi connectivity index (χ1v) is 6.93. The van der Waals surface area contributed by atoms with E-state index in [1.807, 2.05) is 32.3 Å². The van der Waals surface area contributed by atoms with E-state index in [1.165, 1.54) is 12.0 Å². The molecule has 1 aromatic carbocycles. The van der Waals surface area contributed by atoms with E-state index in [0.29, 0.717) is 0 Å². The van der Waals surface area contributed by atoms with E-state index in [-0.39, 0.29) is 11.9 Å². The first-order valence-electron chi connectivity index (χ1n) is 6.93. The topological polar surface area (TPSA) is 44.4 Å². The average molecular weight is 261 g/mol. The maximum atomic E-state index is 12.1. The van der Waals surface area contributed by atoms with Crippen LogP contribution in [0.15, 0.2) is 24.3 Å². The van der Waals surface area contributed by atoms with Crippen LogP contribution in [0.3, 0.4) is 0 Å². The zero-order valence-electron chi connectivity index (χ0n) is 11.8. The average Bonchev–Trinajstić information content (AvgIpc) is 2.39. The molecule has 0 radical (unpaired) electrons. The first kappa shape index (κ1) is 14.0. The summed E-state index contributed by atoms with van der Waals surface area (Å²) in [5.41, 5.74) is 2.09. The molecule has 0 bridgehead atoms. The van der Waals surface area contributed by atoms with Crippen molar-refractivity contribution in [1.82, 2.24) is 10.2 Å². The Kier molecular flexibility index (Phi) is 4.93. The molecule has 1 saturated heterocycles. The second-order valence-corrected chi connectivity index (χ2v) is 5.43. The third kappa shape index (κ3) is 4.33. The minimum absolute atomic E-state index is 0.0359. The second-order valence-electron chi connectivity index (χ2n) is 5.43. The molecule has 0 saturated carbocycles. The quantitative estimate of drug-likeness (QED) is 0.869. The van der Waals surface area contributed by atoms with Gasteiger partial charge in [0.15, 0.2) is 0 Å². The van der Waals surface area contributed by atoms with Gasteiger partial charge < -0.3 is 15.5 Å². The molecule has 0 spiro atoms. The van der Waals surface area contributed by atoms with E-state index in [0.717, 1.165) is 31.6 Å². The smallest absolute Gasteiger partial charge is 0.241 e. The molecule has 0 aromatic heterocycles. The van der Waals surface area contributed by atoms with Gasteiger partial charge in [0.05, 0.1) is 6.04 Å². The Hall–Kier alpha value is -1.39. The number of amides is 1. The number of rotatable bonds is 4. The standard InChI is InChI=1S/C15H23N3O/c1-18(2)11-12-6-5-7-13(10-12)17-15(19)14-8-3-4-9-16-14/h5-7,10,14,16H,3-4,8-9,11H2,1-2H3,(H,17,19)/t14-/m0/s1. The molecule has 0 unspecified atom stereocenters. The van der Waals surface area contributed by atoms with Gasteiger partial charge >= 0.3 is 0 Å². The molecule has 104 valence electrons. The van der Waals surface area contributed by atoms with E-state index in [9.17, 15) is 4.79 Å². The number of benzene rings is 1. The Labute approximate surface area is 115 Å². The van der Waals surface area contributed by atoms with Crippen LogP contribution in [0.2, 0.25) is 0 Å². The predicted molar refractivity (Wildman–Crippen MR) is 78.1 cm³/mol. The number of carbonyl (C=O) groups is 1. The Morgan fingerprint density at radius 3 is 2.95 bits per heavy atom. The van der Waals surface area contributed by atoms with Crippen LogP contribution in [0.25, 0.3) is 0 Å². The molecule has 2 rings (SSSR count). The minimum atomic E-state index is -0.0359. The molecule has 2 N–H and O–H groups in total. The molecule has 1 aliphatic heterocycles. The van der Waals surface area contributed by atoms with Crippen LogP contribution in [0.5, 0.6) is 0 Å². The van der Waals surface area contributed by atoms with Gasteiger partial charge in [-0.2, -0.15) is 0 Å². The minimum Gasteiger partial charge on any atom is -0.325 e. The highest BCUT2D eigenvalue weighted by Crippen LogP contribution is 2.14. The Morgan fingerprint density at radius 1 is 1.42 bits per heavy atom. The summed E-state index contributed by atoms with van der Waals surface area (Å²) in [6.45, 7) is 1.82. The number of hydrogen-bond donors (Lipinski definition) is 2. The van der Waals surface area contributed by atoms with Crippen molar-refractivity contribution in [1.29, 1.82) is 0 Å². The van der Waals surface area contributed by atoms with Crippen molar-refractivity contribution in [3.63, 3.8) is 0 Å². The maximum absolute atomic E-state index is 12.1. The van der Waals surface area contributed by atoms with E-state index in [1.54, 1.807) is 0 Å². The van der Waals surface area contributed by atoms with E-state index in [4.69, 9.17) is 0 Å². The Bertz CT molecular complexity index is 425. The van der Waals surface area contributed by atoms with Crippen LogP contribution in [0.1, 0.15) is 24.8 Å². The van der Waals surface area contributed by atoms with E-state index in [2.05, 4.69) is 21.6 Å². The fourth-order valence-electron chi connectivity index (χ4n) is 2.42. The normalized spacial score (nSPS) is 19.4. The molecule has 1 atom stereocenters. The first-order chi connectivity index (χ1) is 9.15. The summed E-state index contributed by atoms with van der Waals surface area (Å²) >= 11 is 0. The van der Waals surface area contributed by atoms with Crippen LogP contribution in [-0.4, -0.2) is 37.5 Å². The van der Waals surface area contributed by atoms with Gasteiger partial charge in [-0.25, -0.2) is 0 Å². The van der Waals surface area contributed by atoms with Crippen molar-refractivity contribution in [2.45, 2.75) is 31.8 Å². The molecule has 1 aromatic rings. The van der Waals surface area contributed by atoms with Crippen LogP contribution < -0.4 is 10.6 Å². The lowest BCUT2D eigenvalue weighted by Crippen LogP contribution is -2.43. The van der Waals surface area contributed by atoms with Crippen molar-refractivity contribution in [3.05, 3.63) is 29.8 Å². The molecular weight excluding hydrogens is 238 g/mol. The Balaban J connectivity index is 1.96. The summed E-state index contributed by atoms with van der Waals surface area (Å²) in [5.74, 6) is 0.0849. The molecule has 0 aliphatic carbocycles. The highest BCUT2D eigenvalue weighted by atomic mass is 16.2. The zero-order valence-corrected chi connectivity index (χ0v) is 11.8. The van der Waals surface area contributed by atoms with E-state index >= 15 is 0 Å². The number of carbonyl (C=O) groups excluding carboxylic acids is 1. The lowest BCUT2D eigenvalue weighted by molar-refractivity contribution is -0.118. The van der Waals surface area contributed by atoms with Gasteiger partial charge in [-0.15, -0.1) is 0 Å². The van der Waals surface area contributed by atoms with Gasteiger partial charge in [0.25, 0.3) is 0 Å². The summed E-state index contributed by atoms with van der Waals surface area (Å²) in [4.78, 5) is 14.2. The van der Waals surface area contributed by atoms with Crippen molar-refractivity contribution < 1.29 is 4.79 Å². The molecule has 4 heteroatoms. The van der Waals surface area contributed by atoms with Gasteiger partial charge in [0.2, 0.25) is 5.91 Å². The molecule has 1 fully saturated rings. The van der Waals surface area contributed by atoms with Gasteiger partial charge in [-0.1, -0.05) is 18.6 Å². The van der Waals surface area contributed by atoms with Crippen LogP contribution in [-0.2, 0) is 11.3 Å². The zero-order chi connectivity index (χ0) is 13.7. The maximum Gasteiger partial charge on any atom is 0.241 e. The van der Waals surface area contributed by atoms with Gasteiger partial charge in [0, 0.05) is 12.2 Å². The third-order valence-electron chi connectivity index (χ3n) is 3.32. The fraction of sp³-hybridized carbons (Fsp3) is 0.533. The van der Waals surface area contributed by atoms with Gasteiger partial charge in [-0.3, -0.25) is 4.79 Å². The summed E-state index contributed by atoms with van der Waals surface area (Å²) in [7, 11) is 4.08. The number of hydrogen-bond acceptors (Lipinski definition) is 3. The summed E-state index contributed by atoms with van der Waals surface area (Å²) in [6.07, 6.45) is 3.23. The van der Waals surface area contributed by atoms with Crippen LogP contribution in [0.4, 0.5) is 5.69 Å². The molecule has 19 heavy (non-hydrogen) atoms. The highest BCUT2D eigenvalue weighted by Gasteiger charge is 2.20. The number of piperidine rings is 1. The molecule has 1 aliphatic rings. The number of anilines is 1. The van der Waals surface area contributed by atoms with Crippen molar-refractivity contribution in [3.8, 4) is 0 Å². The van der Waals surface area contributed by atoms with Crippen molar-refractivity contribution in [2.75, 3.05) is 26.0 Å². The van der Waals surface area contributed by atoms with Gasteiger partial charge in [0.1, 0.15) is 0 Å². The highest BCUT2D eigenvalue weighted by molar-refractivity contribution is 5.94. The largest absolute Gasteiger partial charge is 0.325 e. The second kappa shape index (κ2) is 6.68. The molecule has 1 amide bonds. The van der Waals surface area contributed by atoms with Gasteiger partial charge in [-0.05, 0) is 51.2 Å². The third-order valence-corrected chi connectivity index (χ3v) is 3.32. The van der Waals surface area contributed by atoms with Crippen molar-refractivity contribution in [2.24, 2.45) is 0 Å². The van der Waals surface area contributed by atoms with Crippen LogP contribution >= 0.6 is 0 Å². The summed E-state index contributed by atoms with van der Waals surface area (Å²) in [5, 5.41) is 6.27. The lowest BCUT2D eigenvalue weighted by Gasteiger charge is -2.22. The van der Waals surface area contributed by atoms with Crippen molar-refractivity contribution >= 4 is 11.6 Å². The summed E-state index contributed by atoms with van der Waals surface area (Å²) < 4.78 is 0. The predicted octanol–water partition coefficient (Wildman–Crippen LogP) is 1.83. The van der Waals surface area contributed by atoms with E-state index < -0.39 is 0 Å². The fourth-order valence-corrected chi connectivity index (χ4v) is 2.42. The monoisotopic (exact) mass is 261 g/mol. The molecule has 4 nitrogen and oxygen atoms in total. The number of nitrogens with zero attached hydrogens (tertiary/aromatic N) is 1. The number of nitrogens with one attached hydrogen (secondary N) is 2. The van der Waals surface area contributed by atoms with Crippen LogP contribution in [0, 0.1) is 0 Å².